The van der Waals surface area contributed by atoms with Gasteiger partial charge in [-0.2, -0.15) is 0 Å². The lowest BCUT2D eigenvalue weighted by molar-refractivity contribution is -0.113. The van der Waals surface area contributed by atoms with Crippen LogP contribution < -0.4 is 4.74 Å². The monoisotopic (exact) mass is 226 g/mol. The Hall–Kier alpha value is -1.02. The summed E-state index contributed by atoms with van der Waals surface area (Å²) in [6, 6.07) is 7.76. The highest BCUT2D eigenvalue weighted by Gasteiger charge is 2.03. The van der Waals surface area contributed by atoms with Crippen molar-refractivity contribution in [3.63, 3.8) is 0 Å². The molecule has 1 rings (SSSR count). The predicted molar refractivity (Wildman–Crippen MR) is 61.5 cm³/mol. The molecule has 0 aliphatic rings. The van der Waals surface area contributed by atoms with E-state index in [1.54, 1.807) is 0 Å². The molecule has 15 heavy (non-hydrogen) atoms. The first-order valence-corrected chi connectivity index (χ1v) is 5.42. The second-order valence-corrected chi connectivity index (χ2v) is 3.94. The van der Waals surface area contributed by atoms with E-state index in [1.807, 2.05) is 24.3 Å². The molecule has 3 heteroatoms. The Balaban J connectivity index is 2.60. The van der Waals surface area contributed by atoms with Crippen LogP contribution in [0, 0.1) is 0 Å². The van der Waals surface area contributed by atoms with Crippen molar-refractivity contribution in [1.29, 1.82) is 0 Å². The lowest BCUT2D eigenvalue weighted by atomic mass is 9.99. The van der Waals surface area contributed by atoms with E-state index in [2.05, 4.69) is 13.8 Å². The summed E-state index contributed by atoms with van der Waals surface area (Å²) in [4.78, 5) is 10.5. The molecule has 0 aromatic heterocycles. The fraction of sp³-hybridized carbons (Fsp3) is 0.417. The highest BCUT2D eigenvalue weighted by molar-refractivity contribution is 6.63. The van der Waals surface area contributed by atoms with Crippen molar-refractivity contribution in [2.24, 2.45) is 0 Å². The van der Waals surface area contributed by atoms with Gasteiger partial charge in [0.2, 0.25) is 0 Å². The van der Waals surface area contributed by atoms with Gasteiger partial charge in [0.25, 0.3) is 5.24 Å². The molecular weight excluding hydrogens is 212 g/mol. The van der Waals surface area contributed by atoms with Crippen molar-refractivity contribution >= 4 is 16.8 Å². The van der Waals surface area contributed by atoms with Crippen LogP contribution in [-0.2, 0) is 4.79 Å². The van der Waals surface area contributed by atoms with Gasteiger partial charge in [-0.05, 0) is 41.6 Å². The minimum Gasteiger partial charge on any atom is -0.484 e. The number of rotatable bonds is 5. The number of carbonyl (C=O) groups is 1. The molecule has 0 heterocycles. The molecule has 0 aliphatic heterocycles. The molecule has 82 valence electrons. The average molecular weight is 227 g/mol. The third kappa shape index (κ3) is 3.92. The van der Waals surface area contributed by atoms with Gasteiger partial charge in [-0.25, -0.2) is 0 Å². The number of halogens is 1. The maximum Gasteiger partial charge on any atom is 0.259 e. The van der Waals surface area contributed by atoms with E-state index in [-0.39, 0.29) is 6.61 Å². The molecule has 1 aromatic carbocycles. The lowest BCUT2D eigenvalue weighted by Gasteiger charge is -2.09. The first kappa shape index (κ1) is 12.1. The molecule has 0 amide bonds. The summed E-state index contributed by atoms with van der Waals surface area (Å²) in [6.45, 7) is 4.25. The molecule has 2 nitrogen and oxygen atoms in total. The highest BCUT2D eigenvalue weighted by Crippen LogP contribution is 2.21. The predicted octanol–water partition coefficient (Wildman–Crippen LogP) is 3.34. The normalized spacial score (nSPS) is 12.2. The Kier molecular flexibility index (Phi) is 4.63. The molecule has 0 bridgehead atoms. The molecule has 1 aromatic rings. The van der Waals surface area contributed by atoms with E-state index < -0.39 is 5.24 Å². The van der Waals surface area contributed by atoms with Crippen molar-refractivity contribution in [1.82, 2.24) is 0 Å². The molecular formula is C12H15ClO2. The molecule has 0 aliphatic carbocycles. The van der Waals surface area contributed by atoms with Gasteiger partial charge >= 0.3 is 0 Å². The quantitative estimate of drug-likeness (QED) is 0.720. The van der Waals surface area contributed by atoms with Gasteiger partial charge in [-0.15, -0.1) is 0 Å². The van der Waals surface area contributed by atoms with Crippen LogP contribution in [0.25, 0.3) is 0 Å². The zero-order valence-corrected chi connectivity index (χ0v) is 9.75. The molecule has 0 saturated heterocycles. The molecule has 0 unspecified atom stereocenters. The van der Waals surface area contributed by atoms with E-state index in [1.165, 1.54) is 5.56 Å². The first-order valence-electron chi connectivity index (χ1n) is 5.04. The summed E-state index contributed by atoms with van der Waals surface area (Å²) < 4.78 is 5.15. The van der Waals surface area contributed by atoms with E-state index in [4.69, 9.17) is 16.3 Å². The van der Waals surface area contributed by atoms with Crippen LogP contribution in [0.4, 0.5) is 0 Å². The van der Waals surface area contributed by atoms with Crippen molar-refractivity contribution < 1.29 is 9.53 Å². The number of ether oxygens (including phenoxy) is 1. The number of carbonyl (C=O) groups excluding carboxylic acids is 1. The van der Waals surface area contributed by atoms with Gasteiger partial charge in [0.15, 0.2) is 6.61 Å². The van der Waals surface area contributed by atoms with Crippen LogP contribution in [-0.4, -0.2) is 11.8 Å². The molecule has 1 atom stereocenters. The van der Waals surface area contributed by atoms with Crippen molar-refractivity contribution in [2.45, 2.75) is 26.2 Å². The third-order valence-electron chi connectivity index (χ3n) is 2.41. The summed E-state index contributed by atoms with van der Waals surface area (Å²) in [7, 11) is 0. The minimum atomic E-state index is -0.485. The Morgan fingerprint density at radius 1 is 1.40 bits per heavy atom. The van der Waals surface area contributed by atoms with Gasteiger partial charge < -0.3 is 4.74 Å². The molecule has 0 saturated carbocycles. The third-order valence-corrected chi connectivity index (χ3v) is 2.52. The largest absolute Gasteiger partial charge is 0.484 e. The fourth-order valence-corrected chi connectivity index (χ4v) is 1.32. The molecule has 0 spiro atoms. The van der Waals surface area contributed by atoms with Crippen LogP contribution in [0.1, 0.15) is 31.7 Å². The van der Waals surface area contributed by atoms with E-state index in [9.17, 15) is 4.79 Å². The van der Waals surface area contributed by atoms with Crippen LogP contribution in [0.3, 0.4) is 0 Å². The van der Waals surface area contributed by atoms with Crippen LogP contribution >= 0.6 is 11.6 Å². The Bertz CT molecular complexity index is 319. The summed E-state index contributed by atoms with van der Waals surface area (Å²) in [5, 5.41) is -0.485. The summed E-state index contributed by atoms with van der Waals surface area (Å²) in [5.74, 6) is 1.23. The zero-order chi connectivity index (χ0) is 11.3. The fourth-order valence-electron chi connectivity index (χ4n) is 1.27. The van der Waals surface area contributed by atoms with E-state index in [0.717, 1.165) is 6.42 Å². The summed E-state index contributed by atoms with van der Waals surface area (Å²) in [5.41, 5.74) is 1.28. The van der Waals surface area contributed by atoms with Crippen molar-refractivity contribution in [3.8, 4) is 5.75 Å². The van der Waals surface area contributed by atoms with Crippen molar-refractivity contribution in [2.75, 3.05) is 6.61 Å². The Labute approximate surface area is 95.2 Å². The smallest absolute Gasteiger partial charge is 0.259 e. The van der Waals surface area contributed by atoms with E-state index in [0.29, 0.717) is 11.7 Å². The van der Waals surface area contributed by atoms with Gasteiger partial charge in [-0.1, -0.05) is 26.0 Å². The van der Waals surface area contributed by atoms with Gasteiger partial charge in [0.1, 0.15) is 5.75 Å². The van der Waals surface area contributed by atoms with Crippen LogP contribution in [0.2, 0.25) is 0 Å². The van der Waals surface area contributed by atoms with Crippen LogP contribution in [0.5, 0.6) is 5.75 Å². The van der Waals surface area contributed by atoms with Gasteiger partial charge in [0.05, 0.1) is 0 Å². The molecule has 0 fully saturated rings. The Morgan fingerprint density at radius 2 is 2.00 bits per heavy atom. The summed E-state index contributed by atoms with van der Waals surface area (Å²) >= 11 is 5.17. The Morgan fingerprint density at radius 3 is 2.47 bits per heavy atom. The minimum absolute atomic E-state index is 0.0791. The lowest BCUT2D eigenvalue weighted by Crippen LogP contribution is -2.04. The topological polar surface area (TPSA) is 26.3 Å². The average Bonchev–Trinajstić information content (AvgIpc) is 2.26. The molecule has 0 N–H and O–H groups in total. The standard InChI is InChI=1S/C12H15ClO2/c1-3-9(2)10-4-6-11(7-5-10)15-8-12(13)14/h4-7,9H,3,8H2,1-2H3/t9-/m0/s1. The highest BCUT2D eigenvalue weighted by atomic mass is 35.5. The second kappa shape index (κ2) is 5.76. The number of hydrogen-bond acceptors (Lipinski definition) is 2. The second-order valence-electron chi connectivity index (χ2n) is 3.52. The number of hydrogen-bond donors (Lipinski definition) is 0. The first-order chi connectivity index (χ1) is 7.13. The molecule has 0 radical (unpaired) electrons. The SMILES string of the molecule is CC[C@H](C)c1ccc(OCC(=O)Cl)cc1. The zero-order valence-electron chi connectivity index (χ0n) is 9.00. The van der Waals surface area contributed by atoms with Gasteiger partial charge in [-0.3, -0.25) is 4.79 Å². The summed E-state index contributed by atoms with van der Waals surface area (Å²) in [6.07, 6.45) is 1.11. The number of benzene rings is 1. The van der Waals surface area contributed by atoms with Crippen LogP contribution in [0.15, 0.2) is 24.3 Å². The van der Waals surface area contributed by atoms with Crippen molar-refractivity contribution in [3.05, 3.63) is 29.8 Å². The van der Waals surface area contributed by atoms with E-state index >= 15 is 0 Å². The maximum absolute atomic E-state index is 10.5. The van der Waals surface area contributed by atoms with Gasteiger partial charge in [0, 0.05) is 0 Å². The maximum atomic E-state index is 10.5.